The minimum absolute atomic E-state index is 0.141. The van der Waals surface area contributed by atoms with E-state index in [1.807, 2.05) is 32.2 Å². The maximum Gasteiger partial charge on any atom is 0.260 e. The number of aryl methyl sites for hydroxylation is 1. The first-order valence-corrected chi connectivity index (χ1v) is 8.21. The number of morpholine rings is 1. The van der Waals surface area contributed by atoms with Crippen LogP contribution in [0.25, 0.3) is 0 Å². The van der Waals surface area contributed by atoms with Gasteiger partial charge in [-0.3, -0.25) is 14.3 Å². The number of hydrogen-bond donors (Lipinski definition) is 1. The summed E-state index contributed by atoms with van der Waals surface area (Å²) in [5.74, 6) is -0.289. The molecule has 3 rings (SSSR count). The number of aromatic nitrogens is 3. The molecule has 0 bridgehead atoms. The number of ether oxygens (including phenoxy) is 1. The molecule has 0 aliphatic carbocycles. The van der Waals surface area contributed by atoms with Gasteiger partial charge in [0.25, 0.3) is 11.5 Å². The molecule has 134 valence electrons. The zero-order chi connectivity index (χ0) is 18.0. The van der Waals surface area contributed by atoms with Crippen molar-refractivity contribution in [2.45, 2.75) is 12.1 Å². The average Bonchev–Trinajstić information content (AvgIpc) is 3.00. The lowest BCUT2D eigenvalue weighted by atomic mass is 9.99. The Morgan fingerprint density at radius 1 is 1.48 bits per heavy atom. The Morgan fingerprint density at radius 3 is 2.92 bits per heavy atom. The van der Waals surface area contributed by atoms with Crippen LogP contribution < -0.4 is 5.56 Å². The van der Waals surface area contributed by atoms with Crippen molar-refractivity contribution in [3.8, 4) is 0 Å². The van der Waals surface area contributed by atoms with Gasteiger partial charge in [-0.15, -0.1) is 0 Å². The van der Waals surface area contributed by atoms with Crippen LogP contribution in [0.3, 0.4) is 0 Å². The summed E-state index contributed by atoms with van der Waals surface area (Å²) in [6.07, 6.45) is 4.96. The minimum atomic E-state index is -0.381. The third-order valence-electron chi connectivity index (χ3n) is 4.27. The molecule has 0 aromatic carbocycles. The molecule has 1 aliphatic rings. The number of carbonyl (C=O) groups excluding carboxylic acids is 1. The number of likely N-dealkylation sites (N-methyl/N-ethyl adjacent to an activating group) is 1. The highest BCUT2D eigenvalue weighted by Crippen LogP contribution is 2.30. The smallest absolute Gasteiger partial charge is 0.260 e. The zero-order valence-corrected chi connectivity index (χ0v) is 14.7. The van der Waals surface area contributed by atoms with E-state index in [4.69, 9.17) is 4.74 Å². The Balaban J connectivity index is 1.98. The van der Waals surface area contributed by atoms with E-state index in [9.17, 15) is 9.59 Å². The number of nitrogens with zero attached hydrogens (tertiary/aromatic N) is 4. The summed E-state index contributed by atoms with van der Waals surface area (Å²) < 4.78 is 7.66. The first-order chi connectivity index (χ1) is 12.0. The van der Waals surface area contributed by atoms with Gasteiger partial charge in [0.15, 0.2) is 0 Å². The van der Waals surface area contributed by atoms with Crippen LogP contribution in [0.5, 0.6) is 0 Å². The Kier molecular flexibility index (Phi) is 5.00. The summed E-state index contributed by atoms with van der Waals surface area (Å²) in [5, 5.41) is 4.23. The molecule has 3 heterocycles. The normalized spacial score (nSPS) is 20.9. The molecule has 1 aliphatic heterocycles. The van der Waals surface area contributed by atoms with E-state index >= 15 is 0 Å². The Bertz CT molecular complexity index is 797. The van der Waals surface area contributed by atoms with Gasteiger partial charge in [0.2, 0.25) is 0 Å². The first kappa shape index (κ1) is 17.4. The lowest BCUT2D eigenvalue weighted by Gasteiger charge is -2.41. The molecule has 1 saturated heterocycles. The van der Waals surface area contributed by atoms with E-state index in [-0.39, 0.29) is 29.2 Å². The van der Waals surface area contributed by atoms with Crippen molar-refractivity contribution >= 4 is 5.91 Å². The Labute approximate surface area is 146 Å². The minimum Gasteiger partial charge on any atom is -0.373 e. The number of aromatic amines is 1. The highest BCUT2D eigenvalue weighted by atomic mass is 16.5. The predicted octanol–water partition coefficient (Wildman–Crippen LogP) is 0.252. The van der Waals surface area contributed by atoms with Crippen molar-refractivity contribution in [1.82, 2.24) is 24.6 Å². The van der Waals surface area contributed by atoms with Crippen molar-refractivity contribution in [1.29, 1.82) is 0 Å². The van der Waals surface area contributed by atoms with Gasteiger partial charge in [-0.25, -0.2) is 0 Å². The third-order valence-corrected chi connectivity index (χ3v) is 4.27. The van der Waals surface area contributed by atoms with Crippen LogP contribution in [0, 0.1) is 0 Å². The average molecular weight is 345 g/mol. The molecule has 1 amide bonds. The number of amides is 1. The van der Waals surface area contributed by atoms with Crippen LogP contribution in [0.1, 0.15) is 22.0 Å². The molecule has 2 aromatic rings. The lowest BCUT2D eigenvalue weighted by molar-refractivity contribution is -0.0685. The fraction of sp³-hybridized carbons (Fsp3) is 0.471. The second-order valence-corrected chi connectivity index (χ2v) is 6.48. The number of rotatable bonds is 4. The van der Waals surface area contributed by atoms with Gasteiger partial charge in [-0.2, -0.15) is 5.10 Å². The molecular weight excluding hydrogens is 322 g/mol. The van der Waals surface area contributed by atoms with Crippen molar-refractivity contribution in [3.05, 3.63) is 52.2 Å². The summed E-state index contributed by atoms with van der Waals surface area (Å²) in [5.41, 5.74) is 0.657. The Morgan fingerprint density at radius 2 is 2.28 bits per heavy atom. The van der Waals surface area contributed by atoms with Gasteiger partial charge in [0.1, 0.15) is 5.56 Å². The maximum absolute atomic E-state index is 13.1. The second-order valence-electron chi connectivity index (χ2n) is 6.48. The molecule has 0 radical (unpaired) electrons. The highest BCUT2D eigenvalue weighted by Gasteiger charge is 2.38. The molecular formula is C17H23N5O3. The van der Waals surface area contributed by atoms with Gasteiger partial charge in [-0.05, 0) is 26.2 Å². The molecule has 0 unspecified atom stereocenters. The largest absolute Gasteiger partial charge is 0.373 e. The van der Waals surface area contributed by atoms with E-state index in [2.05, 4.69) is 10.1 Å². The van der Waals surface area contributed by atoms with Crippen molar-refractivity contribution in [2.75, 3.05) is 33.8 Å². The van der Waals surface area contributed by atoms with E-state index in [0.29, 0.717) is 19.7 Å². The first-order valence-electron chi connectivity index (χ1n) is 8.21. The van der Waals surface area contributed by atoms with Crippen LogP contribution in [-0.4, -0.2) is 70.4 Å². The third kappa shape index (κ3) is 3.64. The van der Waals surface area contributed by atoms with Gasteiger partial charge in [0.05, 0.1) is 24.9 Å². The summed E-state index contributed by atoms with van der Waals surface area (Å²) >= 11 is 0. The molecule has 1 fully saturated rings. The van der Waals surface area contributed by atoms with Crippen LogP contribution in [-0.2, 0) is 11.8 Å². The van der Waals surface area contributed by atoms with E-state index in [1.54, 1.807) is 27.9 Å². The number of H-pyrrole nitrogens is 1. The van der Waals surface area contributed by atoms with Crippen LogP contribution in [0.2, 0.25) is 0 Å². The molecule has 1 N–H and O–H groups in total. The fourth-order valence-corrected chi connectivity index (χ4v) is 3.21. The summed E-state index contributed by atoms with van der Waals surface area (Å²) in [4.78, 5) is 31.4. The van der Waals surface area contributed by atoms with Crippen molar-refractivity contribution < 1.29 is 9.53 Å². The van der Waals surface area contributed by atoms with Crippen molar-refractivity contribution in [2.24, 2.45) is 7.05 Å². The van der Waals surface area contributed by atoms with Crippen LogP contribution in [0.4, 0.5) is 0 Å². The molecule has 0 saturated carbocycles. The van der Waals surface area contributed by atoms with Gasteiger partial charge < -0.3 is 19.5 Å². The number of carbonyl (C=O) groups is 1. The lowest BCUT2D eigenvalue weighted by Crippen LogP contribution is -2.51. The van der Waals surface area contributed by atoms with Crippen molar-refractivity contribution in [3.63, 3.8) is 0 Å². The molecule has 25 heavy (non-hydrogen) atoms. The summed E-state index contributed by atoms with van der Waals surface area (Å²) in [6, 6.07) is 2.92. The number of pyridine rings is 1. The monoisotopic (exact) mass is 345 g/mol. The quantitative estimate of drug-likeness (QED) is 0.859. The second kappa shape index (κ2) is 7.20. The molecule has 2 atom stereocenters. The van der Waals surface area contributed by atoms with E-state index in [1.165, 1.54) is 6.20 Å². The molecule has 0 spiro atoms. The molecule has 8 nitrogen and oxygen atoms in total. The van der Waals surface area contributed by atoms with Crippen LogP contribution >= 0.6 is 0 Å². The molecule has 8 heteroatoms. The predicted molar refractivity (Wildman–Crippen MR) is 92.3 cm³/mol. The fourth-order valence-electron chi connectivity index (χ4n) is 3.21. The van der Waals surface area contributed by atoms with Gasteiger partial charge in [0, 0.05) is 38.1 Å². The number of nitrogens with one attached hydrogen (secondary N) is 1. The highest BCUT2D eigenvalue weighted by molar-refractivity contribution is 5.94. The Hall–Kier alpha value is -2.45. The maximum atomic E-state index is 13.1. The van der Waals surface area contributed by atoms with Gasteiger partial charge in [-0.1, -0.05) is 0 Å². The van der Waals surface area contributed by atoms with Gasteiger partial charge >= 0.3 is 0 Å². The topological polar surface area (TPSA) is 83.5 Å². The standard InChI is InChI=1S/C17H23N5O3/c1-20(2)11-14-15(12-9-19-21(3)10-12)22(7-8-25-14)17(24)13-5-4-6-18-16(13)23/h4-6,9-10,14-15H,7-8,11H2,1-3H3,(H,18,23)/t14-,15-/m0/s1. The zero-order valence-electron chi connectivity index (χ0n) is 14.7. The van der Waals surface area contributed by atoms with E-state index in [0.717, 1.165) is 5.56 Å². The summed E-state index contributed by atoms with van der Waals surface area (Å²) in [6.45, 7) is 1.52. The number of hydrogen-bond acceptors (Lipinski definition) is 5. The SMILES string of the molecule is CN(C)C[C@@H]1OCCN(C(=O)c2ccc[nH]c2=O)[C@H]1c1cnn(C)c1. The van der Waals surface area contributed by atoms with E-state index < -0.39 is 0 Å². The molecule has 2 aromatic heterocycles. The summed E-state index contributed by atoms with van der Waals surface area (Å²) in [7, 11) is 5.76. The van der Waals surface area contributed by atoms with Crippen LogP contribution in [0.15, 0.2) is 35.5 Å².